The summed E-state index contributed by atoms with van der Waals surface area (Å²) >= 11 is 6.05. The minimum Gasteiger partial charge on any atom is -0.487 e. The van der Waals surface area contributed by atoms with Crippen molar-refractivity contribution in [1.82, 2.24) is 9.62 Å². The van der Waals surface area contributed by atoms with Gasteiger partial charge in [0.1, 0.15) is 16.7 Å². The topological polar surface area (TPSA) is 67.9 Å². The van der Waals surface area contributed by atoms with Crippen LogP contribution in [0.1, 0.15) is 19.8 Å². The van der Waals surface area contributed by atoms with Gasteiger partial charge in [-0.1, -0.05) is 11.6 Å². The highest BCUT2D eigenvalue weighted by atomic mass is 35.5. The highest BCUT2D eigenvalue weighted by Gasteiger charge is 2.36. The van der Waals surface area contributed by atoms with Crippen molar-refractivity contribution in [2.75, 3.05) is 33.9 Å². The molecule has 24 heavy (non-hydrogen) atoms. The minimum atomic E-state index is -3.68. The number of nitrogens with zero attached hydrogens (tertiary/aromatic N) is 1. The number of ether oxygens (including phenoxy) is 2. The van der Waals surface area contributed by atoms with Crippen molar-refractivity contribution in [3.63, 3.8) is 0 Å². The third-order valence-corrected chi connectivity index (χ3v) is 6.19. The normalized spacial score (nSPS) is 20.2. The number of nitrogens with one attached hydrogen (secondary N) is 1. The lowest BCUT2D eigenvalue weighted by atomic mass is 10.2. The van der Waals surface area contributed by atoms with E-state index in [-0.39, 0.29) is 17.0 Å². The standard InChI is InChI=1S/C16H25ClN2O4S/c1-12(11-22-3)23-15-7-6-13(17)9-16(15)24(20,21)19-8-4-5-14(19)10-18-2/h6-7,9,12,14,18H,4-5,8,10-11H2,1-3H3. The smallest absolute Gasteiger partial charge is 0.247 e. The molecule has 0 aliphatic carbocycles. The summed E-state index contributed by atoms with van der Waals surface area (Å²) in [5.41, 5.74) is 0. The molecule has 1 fully saturated rings. The predicted octanol–water partition coefficient (Wildman–Crippen LogP) is 2.13. The maximum atomic E-state index is 13.2. The molecule has 1 aliphatic rings. The first-order valence-electron chi connectivity index (χ1n) is 8.01. The molecule has 2 unspecified atom stereocenters. The van der Waals surface area contributed by atoms with Gasteiger partial charge in [-0.25, -0.2) is 8.42 Å². The van der Waals surface area contributed by atoms with Gasteiger partial charge in [0, 0.05) is 31.3 Å². The van der Waals surface area contributed by atoms with Gasteiger partial charge >= 0.3 is 0 Å². The van der Waals surface area contributed by atoms with Crippen LogP contribution in [0.25, 0.3) is 0 Å². The average molecular weight is 377 g/mol. The van der Waals surface area contributed by atoms with E-state index in [1.54, 1.807) is 23.5 Å². The molecule has 1 aromatic rings. The van der Waals surface area contributed by atoms with E-state index in [0.717, 1.165) is 12.8 Å². The average Bonchev–Trinajstić information content (AvgIpc) is 2.99. The molecule has 0 saturated carbocycles. The fraction of sp³-hybridized carbons (Fsp3) is 0.625. The number of rotatable bonds is 8. The summed E-state index contributed by atoms with van der Waals surface area (Å²) in [5, 5.41) is 3.42. The van der Waals surface area contributed by atoms with E-state index >= 15 is 0 Å². The van der Waals surface area contributed by atoms with Crippen molar-refractivity contribution in [2.45, 2.75) is 36.8 Å². The summed E-state index contributed by atoms with van der Waals surface area (Å²) in [6.45, 7) is 3.33. The molecule has 0 amide bonds. The SMILES string of the molecule is CNCC1CCCN1S(=O)(=O)c1cc(Cl)ccc1OC(C)COC. The van der Waals surface area contributed by atoms with Gasteiger partial charge in [-0.2, -0.15) is 4.31 Å². The second kappa shape index (κ2) is 8.49. The number of hydrogen-bond acceptors (Lipinski definition) is 5. The number of likely N-dealkylation sites (N-methyl/N-ethyl adjacent to an activating group) is 1. The molecule has 0 spiro atoms. The van der Waals surface area contributed by atoms with Crippen molar-refractivity contribution in [1.29, 1.82) is 0 Å². The van der Waals surface area contributed by atoms with Crippen LogP contribution in [0.4, 0.5) is 0 Å². The zero-order valence-corrected chi connectivity index (χ0v) is 15.9. The molecule has 136 valence electrons. The molecular formula is C16H25ClN2O4S. The van der Waals surface area contributed by atoms with Crippen molar-refractivity contribution in [2.24, 2.45) is 0 Å². The second-order valence-corrected chi connectivity index (χ2v) is 8.24. The summed E-state index contributed by atoms with van der Waals surface area (Å²) in [4.78, 5) is 0.112. The van der Waals surface area contributed by atoms with E-state index in [2.05, 4.69) is 5.32 Å². The summed E-state index contributed by atoms with van der Waals surface area (Å²) in [6, 6.07) is 4.64. The van der Waals surface area contributed by atoms with Crippen molar-refractivity contribution in [3.05, 3.63) is 23.2 Å². The zero-order chi connectivity index (χ0) is 17.7. The monoisotopic (exact) mass is 376 g/mol. The minimum absolute atomic E-state index is 0.0526. The van der Waals surface area contributed by atoms with Crippen molar-refractivity contribution >= 4 is 21.6 Å². The van der Waals surface area contributed by atoms with E-state index in [9.17, 15) is 8.42 Å². The highest BCUT2D eigenvalue weighted by Crippen LogP contribution is 2.33. The van der Waals surface area contributed by atoms with Crippen molar-refractivity contribution < 1.29 is 17.9 Å². The van der Waals surface area contributed by atoms with E-state index in [1.165, 1.54) is 6.07 Å². The maximum Gasteiger partial charge on any atom is 0.247 e. The number of sulfonamides is 1. The highest BCUT2D eigenvalue weighted by molar-refractivity contribution is 7.89. The zero-order valence-electron chi connectivity index (χ0n) is 14.3. The van der Waals surface area contributed by atoms with Gasteiger partial charge in [0.25, 0.3) is 0 Å². The Morgan fingerprint density at radius 3 is 2.88 bits per heavy atom. The fourth-order valence-corrected chi connectivity index (χ4v) is 5.04. The third kappa shape index (κ3) is 4.40. The molecule has 1 aromatic carbocycles. The Hall–Kier alpha value is -0.860. The number of halogens is 1. The summed E-state index contributed by atoms with van der Waals surface area (Å²) in [6.07, 6.45) is 1.43. The predicted molar refractivity (Wildman–Crippen MR) is 94.3 cm³/mol. The van der Waals surface area contributed by atoms with Crippen LogP contribution < -0.4 is 10.1 Å². The lowest BCUT2D eigenvalue weighted by molar-refractivity contribution is 0.0900. The Balaban J connectivity index is 2.36. The van der Waals surface area contributed by atoms with Gasteiger partial charge < -0.3 is 14.8 Å². The lowest BCUT2D eigenvalue weighted by Crippen LogP contribution is -2.41. The van der Waals surface area contributed by atoms with Gasteiger partial charge in [0.05, 0.1) is 6.61 Å². The van der Waals surface area contributed by atoms with E-state index in [0.29, 0.717) is 30.5 Å². The molecule has 0 radical (unpaired) electrons. The van der Waals surface area contributed by atoms with Gasteiger partial charge in [0.15, 0.2) is 0 Å². The first-order chi connectivity index (χ1) is 11.4. The summed E-state index contributed by atoms with van der Waals surface area (Å²) in [5.74, 6) is 0.305. The second-order valence-electron chi connectivity index (χ2n) is 5.94. The molecule has 1 saturated heterocycles. The Labute approximate surface area is 149 Å². The quantitative estimate of drug-likeness (QED) is 0.752. The summed E-state index contributed by atoms with van der Waals surface area (Å²) < 4.78 is 38.7. The molecule has 1 aliphatic heterocycles. The molecule has 1 heterocycles. The van der Waals surface area contributed by atoms with Crippen LogP contribution >= 0.6 is 11.6 Å². The van der Waals surface area contributed by atoms with E-state index in [4.69, 9.17) is 21.1 Å². The Morgan fingerprint density at radius 2 is 2.21 bits per heavy atom. The first-order valence-corrected chi connectivity index (χ1v) is 9.83. The molecule has 0 bridgehead atoms. The Bertz CT molecular complexity index is 653. The van der Waals surface area contributed by atoms with Crippen LogP contribution in [-0.2, 0) is 14.8 Å². The van der Waals surface area contributed by atoms with Crippen LogP contribution in [0.2, 0.25) is 5.02 Å². The van der Waals surface area contributed by atoms with Gasteiger partial charge in [-0.05, 0) is 45.0 Å². The number of benzene rings is 1. The van der Waals surface area contributed by atoms with Crippen molar-refractivity contribution in [3.8, 4) is 5.75 Å². The van der Waals surface area contributed by atoms with Crippen LogP contribution in [-0.4, -0.2) is 58.7 Å². The van der Waals surface area contributed by atoms with Crippen LogP contribution in [0.3, 0.4) is 0 Å². The number of methoxy groups -OCH3 is 1. The lowest BCUT2D eigenvalue weighted by Gasteiger charge is -2.25. The molecule has 0 aromatic heterocycles. The largest absolute Gasteiger partial charge is 0.487 e. The maximum absolute atomic E-state index is 13.2. The number of hydrogen-bond donors (Lipinski definition) is 1. The van der Waals surface area contributed by atoms with E-state index < -0.39 is 10.0 Å². The molecular weight excluding hydrogens is 352 g/mol. The molecule has 2 atom stereocenters. The van der Waals surface area contributed by atoms with Gasteiger partial charge in [0.2, 0.25) is 10.0 Å². The Morgan fingerprint density at radius 1 is 1.46 bits per heavy atom. The summed E-state index contributed by atoms with van der Waals surface area (Å²) in [7, 11) is -0.282. The first kappa shape index (κ1) is 19.5. The molecule has 1 N–H and O–H groups in total. The molecule has 6 nitrogen and oxygen atoms in total. The Kier molecular flexibility index (Phi) is 6.88. The van der Waals surface area contributed by atoms with Crippen LogP contribution in [0, 0.1) is 0 Å². The molecule has 8 heteroatoms. The van der Waals surface area contributed by atoms with Crippen LogP contribution in [0.15, 0.2) is 23.1 Å². The molecule has 2 rings (SSSR count). The fourth-order valence-electron chi connectivity index (χ4n) is 2.96. The van der Waals surface area contributed by atoms with Gasteiger partial charge in [-0.15, -0.1) is 0 Å². The third-order valence-electron chi connectivity index (χ3n) is 3.98. The van der Waals surface area contributed by atoms with E-state index in [1.807, 2.05) is 14.0 Å². The van der Waals surface area contributed by atoms with Gasteiger partial charge in [-0.3, -0.25) is 0 Å². The van der Waals surface area contributed by atoms with Crippen LogP contribution in [0.5, 0.6) is 5.75 Å².